The van der Waals surface area contributed by atoms with Crippen LogP contribution in [0.25, 0.3) is 0 Å². The van der Waals surface area contributed by atoms with Crippen LogP contribution in [0.3, 0.4) is 0 Å². The van der Waals surface area contributed by atoms with Crippen molar-refractivity contribution < 1.29 is 9.53 Å². The van der Waals surface area contributed by atoms with Crippen LogP contribution in [0.15, 0.2) is 24.3 Å². The smallest absolute Gasteiger partial charge is 0.409 e. The van der Waals surface area contributed by atoms with E-state index >= 15 is 0 Å². The average molecular weight is 338 g/mol. The van der Waals surface area contributed by atoms with Crippen LogP contribution in [-0.4, -0.2) is 53.0 Å². The Morgan fingerprint density at radius 2 is 1.86 bits per heavy atom. The van der Waals surface area contributed by atoms with Gasteiger partial charge in [0.15, 0.2) is 0 Å². The van der Waals surface area contributed by atoms with Gasteiger partial charge in [0, 0.05) is 31.9 Å². The third-order valence-corrected chi connectivity index (χ3v) is 5.25. The molecule has 1 aliphatic heterocycles. The van der Waals surface area contributed by atoms with Crippen LogP contribution in [0.1, 0.15) is 18.1 Å². The van der Waals surface area contributed by atoms with Crippen LogP contribution in [-0.2, 0) is 10.5 Å². The van der Waals surface area contributed by atoms with Gasteiger partial charge in [-0.25, -0.2) is 4.79 Å². The summed E-state index contributed by atoms with van der Waals surface area (Å²) < 4.78 is 5.94. The summed E-state index contributed by atoms with van der Waals surface area (Å²) in [5, 5.41) is 0. The van der Waals surface area contributed by atoms with Crippen molar-refractivity contribution in [2.45, 2.75) is 19.6 Å². The molecule has 1 aliphatic rings. The number of carbonyl (C=O) groups is 1. The Morgan fingerprint density at radius 3 is 2.50 bits per heavy atom. The van der Waals surface area contributed by atoms with Gasteiger partial charge in [0.1, 0.15) is 4.32 Å². The Morgan fingerprint density at radius 1 is 1.23 bits per heavy atom. The van der Waals surface area contributed by atoms with Gasteiger partial charge >= 0.3 is 6.09 Å². The summed E-state index contributed by atoms with van der Waals surface area (Å²) in [6, 6.07) is 8.38. The predicted molar refractivity (Wildman–Crippen MR) is 95.2 cm³/mol. The van der Waals surface area contributed by atoms with E-state index in [0.717, 1.165) is 23.2 Å². The Bertz CT molecular complexity index is 529. The molecule has 1 amide bonds. The van der Waals surface area contributed by atoms with Gasteiger partial charge in [0.25, 0.3) is 0 Å². The SMILES string of the molecule is CCOC(=O)N1CCN(C(=S)SCc2ccccc2C)CC1. The first-order valence-corrected chi connectivity index (χ1v) is 8.89. The molecule has 0 atom stereocenters. The van der Waals surface area contributed by atoms with Gasteiger partial charge in [-0.15, -0.1) is 0 Å². The van der Waals surface area contributed by atoms with Gasteiger partial charge in [-0.2, -0.15) is 0 Å². The molecule has 0 unspecified atom stereocenters. The first-order valence-electron chi connectivity index (χ1n) is 7.49. The summed E-state index contributed by atoms with van der Waals surface area (Å²) in [6.07, 6.45) is -0.222. The molecule has 1 aromatic rings. The average Bonchev–Trinajstić information content (AvgIpc) is 2.54. The highest BCUT2D eigenvalue weighted by Crippen LogP contribution is 2.20. The number of piperazine rings is 1. The second kappa shape index (κ2) is 8.39. The molecule has 0 saturated carbocycles. The van der Waals surface area contributed by atoms with Crippen LogP contribution in [0.4, 0.5) is 4.79 Å². The van der Waals surface area contributed by atoms with Crippen molar-refractivity contribution in [3.63, 3.8) is 0 Å². The molecule has 0 bridgehead atoms. The summed E-state index contributed by atoms with van der Waals surface area (Å²) >= 11 is 7.22. The van der Waals surface area contributed by atoms with Crippen molar-refractivity contribution in [3.8, 4) is 0 Å². The molecular weight excluding hydrogens is 316 g/mol. The van der Waals surface area contributed by atoms with Crippen molar-refractivity contribution in [2.24, 2.45) is 0 Å². The molecule has 6 heteroatoms. The van der Waals surface area contributed by atoms with E-state index in [0.29, 0.717) is 19.7 Å². The number of thioether (sulfide) groups is 1. The second-order valence-corrected chi connectivity index (χ2v) is 6.76. The minimum absolute atomic E-state index is 0.222. The van der Waals surface area contributed by atoms with Crippen molar-refractivity contribution in [3.05, 3.63) is 35.4 Å². The summed E-state index contributed by atoms with van der Waals surface area (Å²) in [4.78, 5) is 15.6. The van der Waals surface area contributed by atoms with Crippen molar-refractivity contribution in [1.82, 2.24) is 9.80 Å². The number of ether oxygens (including phenoxy) is 1. The fourth-order valence-corrected chi connectivity index (χ4v) is 3.62. The van der Waals surface area contributed by atoms with Crippen LogP contribution >= 0.6 is 24.0 Å². The fourth-order valence-electron chi connectivity index (χ4n) is 2.29. The molecule has 1 aromatic carbocycles. The Labute approximate surface area is 141 Å². The molecule has 0 N–H and O–H groups in total. The quantitative estimate of drug-likeness (QED) is 0.790. The normalized spacial score (nSPS) is 14.8. The highest BCUT2D eigenvalue weighted by atomic mass is 32.2. The molecule has 0 radical (unpaired) electrons. The Hall–Kier alpha value is -1.27. The van der Waals surface area contributed by atoms with Gasteiger partial charge in [0.05, 0.1) is 6.61 Å². The largest absolute Gasteiger partial charge is 0.450 e. The van der Waals surface area contributed by atoms with E-state index in [1.807, 2.05) is 6.92 Å². The topological polar surface area (TPSA) is 32.8 Å². The summed E-state index contributed by atoms with van der Waals surface area (Å²) in [7, 11) is 0. The number of hydrogen-bond acceptors (Lipinski definition) is 4. The minimum Gasteiger partial charge on any atom is -0.450 e. The first kappa shape index (κ1) is 17.1. The van der Waals surface area contributed by atoms with Crippen LogP contribution in [0.5, 0.6) is 0 Å². The van der Waals surface area contributed by atoms with Gasteiger partial charge < -0.3 is 14.5 Å². The molecule has 4 nitrogen and oxygen atoms in total. The molecule has 1 heterocycles. The highest BCUT2D eigenvalue weighted by molar-refractivity contribution is 8.22. The molecule has 1 fully saturated rings. The van der Waals surface area contributed by atoms with Gasteiger partial charge in [-0.3, -0.25) is 0 Å². The lowest BCUT2D eigenvalue weighted by atomic mass is 10.1. The summed E-state index contributed by atoms with van der Waals surface area (Å²) in [6.45, 7) is 7.26. The standard InChI is InChI=1S/C16H22N2O2S2/c1-3-20-15(19)17-8-10-18(11-9-17)16(21)22-12-14-7-5-4-6-13(14)2/h4-7H,3,8-12H2,1-2H3. The number of benzene rings is 1. The number of rotatable bonds is 3. The number of carbonyl (C=O) groups excluding carboxylic acids is 1. The molecule has 0 aromatic heterocycles. The van der Waals surface area contributed by atoms with E-state index in [1.54, 1.807) is 16.7 Å². The van der Waals surface area contributed by atoms with Gasteiger partial charge in [-0.05, 0) is 25.0 Å². The van der Waals surface area contributed by atoms with E-state index in [4.69, 9.17) is 17.0 Å². The third-order valence-electron chi connectivity index (χ3n) is 3.68. The number of aryl methyl sites for hydroxylation is 1. The van der Waals surface area contributed by atoms with Gasteiger partial charge in [-0.1, -0.05) is 48.2 Å². The minimum atomic E-state index is -0.222. The first-order chi connectivity index (χ1) is 10.6. The third kappa shape index (κ3) is 4.61. The zero-order valence-electron chi connectivity index (χ0n) is 13.1. The number of amides is 1. The lowest BCUT2D eigenvalue weighted by molar-refractivity contribution is 0.0927. The number of hydrogen-bond donors (Lipinski definition) is 0. The maximum absolute atomic E-state index is 11.7. The highest BCUT2D eigenvalue weighted by Gasteiger charge is 2.23. The Kier molecular flexibility index (Phi) is 6.51. The van der Waals surface area contributed by atoms with Crippen molar-refractivity contribution in [1.29, 1.82) is 0 Å². The molecule has 22 heavy (non-hydrogen) atoms. The molecular formula is C16H22N2O2S2. The fraction of sp³-hybridized carbons (Fsp3) is 0.500. The zero-order chi connectivity index (χ0) is 15.9. The number of thiocarbonyl (C=S) groups is 1. The monoisotopic (exact) mass is 338 g/mol. The maximum Gasteiger partial charge on any atom is 0.409 e. The zero-order valence-corrected chi connectivity index (χ0v) is 14.7. The van der Waals surface area contributed by atoms with Crippen molar-refractivity contribution >= 4 is 34.4 Å². The summed E-state index contributed by atoms with van der Waals surface area (Å²) in [5.41, 5.74) is 2.62. The van der Waals surface area contributed by atoms with E-state index in [2.05, 4.69) is 36.1 Å². The maximum atomic E-state index is 11.7. The molecule has 120 valence electrons. The van der Waals surface area contributed by atoms with Crippen molar-refractivity contribution in [2.75, 3.05) is 32.8 Å². The molecule has 1 saturated heterocycles. The van der Waals surface area contributed by atoms with E-state index in [-0.39, 0.29) is 6.09 Å². The lowest BCUT2D eigenvalue weighted by Crippen LogP contribution is -2.49. The van der Waals surface area contributed by atoms with E-state index in [1.165, 1.54) is 11.1 Å². The lowest BCUT2D eigenvalue weighted by Gasteiger charge is -2.35. The summed E-state index contributed by atoms with van der Waals surface area (Å²) in [5.74, 6) is 0.892. The second-order valence-electron chi connectivity index (χ2n) is 5.15. The van der Waals surface area contributed by atoms with E-state index < -0.39 is 0 Å². The number of nitrogens with zero attached hydrogens (tertiary/aromatic N) is 2. The molecule has 0 spiro atoms. The molecule has 2 rings (SSSR count). The van der Waals surface area contributed by atoms with E-state index in [9.17, 15) is 4.79 Å². The van der Waals surface area contributed by atoms with Gasteiger partial charge in [0.2, 0.25) is 0 Å². The van der Waals surface area contributed by atoms with Crippen LogP contribution in [0, 0.1) is 6.92 Å². The Balaban J connectivity index is 1.78. The van der Waals surface area contributed by atoms with Crippen LogP contribution < -0.4 is 0 Å². The predicted octanol–water partition coefficient (Wildman–Crippen LogP) is 3.29. The van der Waals surface area contributed by atoms with Crippen LogP contribution in [0.2, 0.25) is 0 Å². The molecule has 0 aliphatic carbocycles.